The summed E-state index contributed by atoms with van der Waals surface area (Å²) in [5.41, 5.74) is 8.48. The quantitative estimate of drug-likeness (QED) is 0.809. The number of rotatable bonds is 5. The van der Waals surface area contributed by atoms with Crippen LogP contribution in [0, 0.1) is 27.7 Å². The van der Waals surface area contributed by atoms with Gasteiger partial charge >= 0.3 is 0 Å². The number of nitrogens with one attached hydrogen (secondary N) is 1. The summed E-state index contributed by atoms with van der Waals surface area (Å²) in [6.45, 7) is 12.2. The lowest BCUT2D eigenvalue weighted by Crippen LogP contribution is -2.25. The molecule has 1 nitrogen and oxygen atoms in total. The van der Waals surface area contributed by atoms with Gasteiger partial charge < -0.3 is 5.32 Å². The molecule has 2 heteroatoms. The Balaban J connectivity index is 2.54. The minimum Gasteiger partial charge on any atom is -0.306 e. The Labute approximate surface area is 127 Å². The molecule has 108 valence electrons. The third kappa shape index (κ3) is 2.97. The molecule has 0 aliphatic carbocycles. The molecule has 0 aliphatic rings. The van der Waals surface area contributed by atoms with Crippen LogP contribution in [-0.2, 0) is 0 Å². The van der Waals surface area contributed by atoms with E-state index in [2.05, 4.69) is 62.8 Å². The van der Waals surface area contributed by atoms with E-state index in [0.29, 0.717) is 6.04 Å². The molecule has 1 aromatic carbocycles. The summed E-state index contributed by atoms with van der Waals surface area (Å²) >= 11 is 1.78. The van der Waals surface area contributed by atoms with Gasteiger partial charge in [-0.3, -0.25) is 0 Å². The second-order valence-corrected chi connectivity index (χ2v) is 6.40. The van der Waals surface area contributed by atoms with Crippen molar-refractivity contribution in [2.45, 2.75) is 47.1 Å². The standard InChI is InChI=1S/C18H25NS/c1-6-8-19-18(16-7-9-20-11-16)17-14(4)12(2)10-13(3)15(17)5/h7,9-11,18-19H,6,8H2,1-5H3. The number of benzene rings is 1. The summed E-state index contributed by atoms with van der Waals surface area (Å²) < 4.78 is 0. The summed E-state index contributed by atoms with van der Waals surface area (Å²) in [7, 11) is 0. The highest BCUT2D eigenvalue weighted by Gasteiger charge is 2.20. The fourth-order valence-electron chi connectivity index (χ4n) is 2.79. The Morgan fingerprint density at radius 3 is 2.25 bits per heavy atom. The number of hydrogen-bond acceptors (Lipinski definition) is 2. The Hall–Kier alpha value is -1.12. The van der Waals surface area contributed by atoms with Gasteiger partial charge in [0.05, 0.1) is 6.04 Å². The van der Waals surface area contributed by atoms with Gasteiger partial charge in [0.2, 0.25) is 0 Å². The largest absolute Gasteiger partial charge is 0.306 e. The van der Waals surface area contributed by atoms with Crippen LogP contribution in [0.15, 0.2) is 22.9 Å². The molecule has 0 radical (unpaired) electrons. The molecule has 20 heavy (non-hydrogen) atoms. The van der Waals surface area contributed by atoms with E-state index in [4.69, 9.17) is 0 Å². The summed E-state index contributed by atoms with van der Waals surface area (Å²) in [5, 5.41) is 8.17. The van der Waals surface area contributed by atoms with E-state index in [9.17, 15) is 0 Å². The highest BCUT2D eigenvalue weighted by molar-refractivity contribution is 7.08. The zero-order valence-corrected chi connectivity index (χ0v) is 14.0. The van der Waals surface area contributed by atoms with Crippen molar-refractivity contribution in [1.29, 1.82) is 0 Å². The smallest absolute Gasteiger partial charge is 0.0590 e. The van der Waals surface area contributed by atoms with Crippen LogP contribution in [0.25, 0.3) is 0 Å². The second kappa shape index (κ2) is 6.55. The normalized spacial score (nSPS) is 12.7. The minimum absolute atomic E-state index is 0.319. The van der Waals surface area contributed by atoms with Gasteiger partial charge in [-0.05, 0) is 90.9 Å². The molecule has 0 fully saturated rings. The average molecular weight is 287 g/mol. The Morgan fingerprint density at radius 2 is 1.75 bits per heavy atom. The summed E-state index contributed by atoms with van der Waals surface area (Å²) in [6, 6.07) is 4.87. The number of hydrogen-bond donors (Lipinski definition) is 1. The van der Waals surface area contributed by atoms with Gasteiger partial charge in [0.25, 0.3) is 0 Å². The first-order valence-electron chi connectivity index (χ1n) is 7.39. The highest BCUT2D eigenvalue weighted by Crippen LogP contribution is 2.32. The van der Waals surface area contributed by atoms with Gasteiger partial charge in [-0.2, -0.15) is 11.3 Å². The van der Waals surface area contributed by atoms with Crippen molar-refractivity contribution in [3.63, 3.8) is 0 Å². The van der Waals surface area contributed by atoms with Gasteiger partial charge in [-0.15, -0.1) is 0 Å². The van der Waals surface area contributed by atoms with E-state index >= 15 is 0 Å². The van der Waals surface area contributed by atoms with Crippen molar-refractivity contribution in [1.82, 2.24) is 5.32 Å². The number of thiophene rings is 1. The van der Waals surface area contributed by atoms with Crippen molar-refractivity contribution >= 4 is 11.3 Å². The topological polar surface area (TPSA) is 12.0 Å². The van der Waals surface area contributed by atoms with Crippen LogP contribution in [-0.4, -0.2) is 6.54 Å². The first-order valence-corrected chi connectivity index (χ1v) is 8.33. The number of aryl methyl sites for hydroxylation is 2. The Bertz CT molecular complexity index is 543. The predicted molar refractivity (Wildman–Crippen MR) is 89.8 cm³/mol. The molecule has 2 aromatic rings. The minimum atomic E-state index is 0.319. The molecule has 2 rings (SSSR count). The molecule has 1 N–H and O–H groups in total. The van der Waals surface area contributed by atoms with E-state index in [1.54, 1.807) is 11.3 Å². The van der Waals surface area contributed by atoms with Crippen molar-refractivity contribution in [2.24, 2.45) is 0 Å². The van der Waals surface area contributed by atoms with Crippen LogP contribution in [0.3, 0.4) is 0 Å². The Kier molecular flexibility index (Phi) is 5.00. The molecule has 0 amide bonds. The van der Waals surface area contributed by atoms with Crippen LogP contribution < -0.4 is 5.32 Å². The molecule has 0 bridgehead atoms. The maximum atomic E-state index is 3.73. The lowest BCUT2D eigenvalue weighted by Gasteiger charge is -2.25. The first-order chi connectivity index (χ1) is 9.56. The molecule has 0 saturated carbocycles. The lowest BCUT2D eigenvalue weighted by atomic mass is 9.87. The van der Waals surface area contributed by atoms with E-state index in [1.165, 1.54) is 33.4 Å². The molecule has 0 saturated heterocycles. The van der Waals surface area contributed by atoms with Gasteiger partial charge in [-0.25, -0.2) is 0 Å². The Morgan fingerprint density at radius 1 is 1.10 bits per heavy atom. The predicted octanol–water partition coefficient (Wildman–Crippen LogP) is 5.07. The van der Waals surface area contributed by atoms with E-state index < -0.39 is 0 Å². The fraction of sp³-hybridized carbons (Fsp3) is 0.444. The van der Waals surface area contributed by atoms with Crippen molar-refractivity contribution in [3.05, 3.63) is 56.3 Å². The summed E-state index contributed by atoms with van der Waals surface area (Å²) in [4.78, 5) is 0. The third-order valence-electron chi connectivity index (χ3n) is 4.19. The zero-order valence-electron chi connectivity index (χ0n) is 13.2. The van der Waals surface area contributed by atoms with Crippen molar-refractivity contribution in [2.75, 3.05) is 6.54 Å². The van der Waals surface area contributed by atoms with Gasteiger partial charge in [-0.1, -0.05) is 13.0 Å². The molecular formula is C18H25NS. The van der Waals surface area contributed by atoms with Crippen LogP contribution in [0.5, 0.6) is 0 Å². The fourth-order valence-corrected chi connectivity index (χ4v) is 3.48. The molecule has 1 aromatic heterocycles. The SMILES string of the molecule is CCCNC(c1ccsc1)c1c(C)c(C)cc(C)c1C. The third-order valence-corrected chi connectivity index (χ3v) is 4.89. The van der Waals surface area contributed by atoms with Crippen LogP contribution in [0.2, 0.25) is 0 Å². The monoisotopic (exact) mass is 287 g/mol. The van der Waals surface area contributed by atoms with E-state index in [0.717, 1.165) is 13.0 Å². The summed E-state index contributed by atoms with van der Waals surface area (Å²) in [5.74, 6) is 0. The van der Waals surface area contributed by atoms with Crippen molar-refractivity contribution < 1.29 is 0 Å². The molecule has 1 atom stereocenters. The molecule has 1 unspecified atom stereocenters. The van der Waals surface area contributed by atoms with Gasteiger partial charge in [0, 0.05) is 0 Å². The van der Waals surface area contributed by atoms with Gasteiger partial charge in [0.15, 0.2) is 0 Å². The van der Waals surface area contributed by atoms with Crippen LogP contribution in [0.1, 0.15) is 52.8 Å². The van der Waals surface area contributed by atoms with Gasteiger partial charge in [0.1, 0.15) is 0 Å². The van der Waals surface area contributed by atoms with Crippen LogP contribution in [0.4, 0.5) is 0 Å². The molecule has 0 spiro atoms. The molecule has 1 heterocycles. The molecular weight excluding hydrogens is 262 g/mol. The highest BCUT2D eigenvalue weighted by atomic mass is 32.1. The van der Waals surface area contributed by atoms with Crippen LogP contribution >= 0.6 is 11.3 Å². The van der Waals surface area contributed by atoms with E-state index in [-0.39, 0.29) is 0 Å². The maximum Gasteiger partial charge on any atom is 0.0590 e. The first kappa shape index (κ1) is 15.3. The average Bonchev–Trinajstić information content (AvgIpc) is 2.94. The molecule has 0 aliphatic heterocycles. The van der Waals surface area contributed by atoms with E-state index in [1.807, 2.05) is 0 Å². The lowest BCUT2D eigenvalue weighted by molar-refractivity contribution is 0.594. The second-order valence-electron chi connectivity index (χ2n) is 5.62. The summed E-state index contributed by atoms with van der Waals surface area (Å²) in [6.07, 6.45) is 1.16. The zero-order chi connectivity index (χ0) is 14.7. The maximum absolute atomic E-state index is 3.73. The van der Waals surface area contributed by atoms with Crippen molar-refractivity contribution in [3.8, 4) is 0 Å².